The summed E-state index contributed by atoms with van der Waals surface area (Å²) in [5.74, 6) is 2.15. The first-order valence-electron chi connectivity index (χ1n) is 5.58. The average molecular weight is 204 g/mol. The van der Waals surface area contributed by atoms with Gasteiger partial charge >= 0.3 is 0 Å². The van der Waals surface area contributed by atoms with E-state index in [9.17, 15) is 0 Å². The Hall–Kier alpha value is -0.0800. The predicted octanol–water partition coefficient (Wildman–Crippen LogP) is 2.54. The minimum Gasteiger partial charge on any atom is -0.396 e. The van der Waals surface area contributed by atoms with Crippen molar-refractivity contribution in [1.29, 1.82) is 0 Å². The van der Waals surface area contributed by atoms with Crippen LogP contribution in [-0.4, -0.2) is 23.4 Å². The van der Waals surface area contributed by atoms with Gasteiger partial charge in [0.05, 0.1) is 0 Å². The molecule has 2 nitrogen and oxygen atoms in total. The minimum atomic E-state index is 0.317. The van der Waals surface area contributed by atoms with Crippen LogP contribution in [0.2, 0.25) is 0 Å². The molecule has 0 fully saturated rings. The van der Waals surface area contributed by atoms with Gasteiger partial charge in [-0.2, -0.15) is 0 Å². The maximum absolute atomic E-state index is 8.51. The first-order valence-corrected chi connectivity index (χ1v) is 5.58. The Kier molecular flexibility index (Phi) is 11.1. The van der Waals surface area contributed by atoms with Crippen molar-refractivity contribution in [2.24, 2.45) is 23.7 Å². The number of aliphatic hydroxyl groups is 2. The molecule has 2 N–H and O–H groups in total. The molecule has 0 radical (unpaired) electrons. The lowest BCUT2D eigenvalue weighted by Crippen LogP contribution is -2.07. The van der Waals surface area contributed by atoms with E-state index in [1.165, 1.54) is 0 Å². The van der Waals surface area contributed by atoms with E-state index in [0.717, 1.165) is 0 Å². The highest BCUT2D eigenvalue weighted by Gasteiger charge is 2.03. The third-order valence-corrected chi connectivity index (χ3v) is 2.85. The summed E-state index contributed by atoms with van der Waals surface area (Å²) in [7, 11) is 0. The van der Waals surface area contributed by atoms with Crippen LogP contribution in [0, 0.1) is 23.7 Å². The molecule has 0 aromatic rings. The van der Waals surface area contributed by atoms with Crippen LogP contribution in [0.1, 0.15) is 41.5 Å². The molecule has 0 heterocycles. The molecular weight excluding hydrogens is 176 g/mol. The molecule has 0 bridgehead atoms. The molecule has 0 amide bonds. The van der Waals surface area contributed by atoms with Crippen LogP contribution in [0.25, 0.3) is 0 Å². The van der Waals surface area contributed by atoms with Crippen LogP contribution in [0.15, 0.2) is 0 Å². The maximum Gasteiger partial charge on any atom is 0.0459 e. The van der Waals surface area contributed by atoms with E-state index in [1.807, 2.05) is 13.8 Å². The van der Waals surface area contributed by atoms with E-state index in [1.54, 1.807) is 0 Å². The van der Waals surface area contributed by atoms with Crippen LogP contribution in [0.5, 0.6) is 0 Å². The van der Waals surface area contributed by atoms with Crippen molar-refractivity contribution in [3.63, 3.8) is 0 Å². The zero-order valence-electron chi connectivity index (χ0n) is 10.6. The minimum absolute atomic E-state index is 0.317. The van der Waals surface area contributed by atoms with E-state index in [0.29, 0.717) is 36.9 Å². The number of hydrogen-bond acceptors (Lipinski definition) is 2. The van der Waals surface area contributed by atoms with Crippen molar-refractivity contribution in [3.8, 4) is 0 Å². The molecule has 88 valence electrons. The summed E-state index contributed by atoms with van der Waals surface area (Å²) in [6.45, 7) is 13.2. The molecule has 2 heteroatoms. The quantitative estimate of drug-likeness (QED) is 0.739. The topological polar surface area (TPSA) is 40.5 Å². The summed E-state index contributed by atoms with van der Waals surface area (Å²) in [6, 6.07) is 0. The fraction of sp³-hybridized carbons (Fsp3) is 1.00. The highest BCUT2D eigenvalue weighted by atomic mass is 16.3. The van der Waals surface area contributed by atoms with Gasteiger partial charge in [0.2, 0.25) is 0 Å². The van der Waals surface area contributed by atoms with Crippen LogP contribution in [0.4, 0.5) is 0 Å². The van der Waals surface area contributed by atoms with E-state index in [4.69, 9.17) is 10.2 Å². The second-order valence-corrected chi connectivity index (χ2v) is 4.81. The van der Waals surface area contributed by atoms with Gasteiger partial charge in [-0.1, -0.05) is 41.5 Å². The van der Waals surface area contributed by atoms with Crippen molar-refractivity contribution in [3.05, 3.63) is 0 Å². The van der Waals surface area contributed by atoms with E-state index in [2.05, 4.69) is 27.7 Å². The Balaban J connectivity index is 0. The second kappa shape index (κ2) is 9.47. The Bertz CT molecular complexity index is 96.9. The van der Waals surface area contributed by atoms with Crippen molar-refractivity contribution >= 4 is 0 Å². The monoisotopic (exact) mass is 204 g/mol. The lowest BCUT2D eigenvalue weighted by molar-refractivity contribution is 0.203. The van der Waals surface area contributed by atoms with E-state index >= 15 is 0 Å². The van der Waals surface area contributed by atoms with Gasteiger partial charge in [0.1, 0.15) is 0 Å². The molecule has 14 heavy (non-hydrogen) atoms. The number of aliphatic hydroxyl groups excluding tert-OH is 2. The lowest BCUT2D eigenvalue weighted by Gasteiger charge is -2.09. The van der Waals surface area contributed by atoms with Gasteiger partial charge in [-0.15, -0.1) is 0 Å². The van der Waals surface area contributed by atoms with Crippen molar-refractivity contribution in [2.75, 3.05) is 13.2 Å². The summed E-state index contributed by atoms with van der Waals surface area (Å²) < 4.78 is 0. The highest BCUT2D eigenvalue weighted by molar-refractivity contribution is 4.53. The van der Waals surface area contributed by atoms with Gasteiger partial charge in [-0.3, -0.25) is 0 Å². The van der Waals surface area contributed by atoms with Crippen LogP contribution in [-0.2, 0) is 0 Å². The fourth-order valence-corrected chi connectivity index (χ4v) is 0.422. The fourth-order valence-electron chi connectivity index (χ4n) is 0.422. The average Bonchev–Trinajstić information content (AvgIpc) is 2.15. The second-order valence-electron chi connectivity index (χ2n) is 4.81. The lowest BCUT2D eigenvalue weighted by atomic mass is 10.00. The molecule has 0 spiro atoms. The van der Waals surface area contributed by atoms with Crippen LogP contribution >= 0.6 is 0 Å². The van der Waals surface area contributed by atoms with Gasteiger partial charge in [-0.05, 0) is 23.7 Å². The van der Waals surface area contributed by atoms with E-state index in [-0.39, 0.29) is 0 Å². The first-order chi connectivity index (χ1) is 6.36. The molecule has 0 aromatic heterocycles. The summed E-state index contributed by atoms with van der Waals surface area (Å²) in [4.78, 5) is 0. The zero-order valence-corrected chi connectivity index (χ0v) is 10.6. The molecular formula is C12H28O2. The van der Waals surface area contributed by atoms with Gasteiger partial charge in [-0.25, -0.2) is 0 Å². The molecule has 0 aromatic carbocycles. The highest BCUT2D eigenvalue weighted by Crippen LogP contribution is 2.07. The van der Waals surface area contributed by atoms with Crippen LogP contribution in [0.3, 0.4) is 0 Å². The maximum atomic E-state index is 8.51. The molecule has 0 saturated heterocycles. The number of hydrogen-bond donors (Lipinski definition) is 2. The number of rotatable bonds is 4. The van der Waals surface area contributed by atoms with Gasteiger partial charge in [0, 0.05) is 13.2 Å². The SMILES string of the molecule is CC(C)[C@@H](C)CO.CC(C)[C@H](C)CO. The Labute approximate surface area is 89.3 Å². The van der Waals surface area contributed by atoms with Crippen molar-refractivity contribution < 1.29 is 10.2 Å². The Morgan fingerprint density at radius 1 is 0.643 bits per heavy atom. The predicted molar refractivity (Wildman–Crippen MR) is 62.2 cm³/mol. The Morgan fingerprint density at radius 2 is 0.857 bits per heavy atom. The zero-order chi connectivity index (χ0) is 11.7. The van der Waals surface area contributed by atoms with Gasteiger partial charge < -0.3 is 10.2 Å². The van der Waals surface area contributed by atoms with Gasteiger partial charge in [0.25, 0.3) is 0 Å². The molecule has 0 saturated carbocycles. The third-order valence-electron chi connectivity index (χ3n) is 2.85. The molecule has 0 aliphatic rings. The summed E-state index contributed by atoms with van der Waals surface area (Å²) in [6.07, 6.45) is 0. The Morgan fingerprint density at radius 3 is 0.857 bits per heavy atom. The standard InChI is InChI=1S/2C6H14O/c2*1-5(2)6(3)4-7/h2*5-7H,4H2,1-3H3/t2*6-/m10/s1. The first kappa shape index (κ1) is 16.4. The summed E-state index contributed by atoms with van der Waals surface area (Å²) in [5.41, 5.74) is 0. The smallest absolute Gasteiger partial charge is 0.0459 e. The van der Waals surface area contributed by atoms with Crippen LogP contribution < -0.4 is 0 Å². The molecule has 0 unspecified atom stereocenters. The summed E-state index contributed by atoms with van der Waals surface area (Å²) in [5, 5.41) is 17.0. The van der Waals surface area contributed by atoms with Crippen molar-refractivity contribution in [2.45, 2.75) is 41.5 Å². The molecule has 0 aliphatic carbocycles. The molecule has 0 aliphatic heterocycles. The van der Waals surface area contributed by atoms with Gasteiger partial charge in [0.15, 0.2) is 0 Å². The van der Waals surface area contributed by atoms with Crippen molar-refractivity contribution in [1.82, 2.24) is 0 Å². The summed E-state index contributed by atoms with van der Waals surface area (Å²) >= 11 is 0. The normalized spacial score (nSPS) is 15.0. The molecule has 2 atom stereocenters. The largest absolute Gasteiger partial charge is 0.396 e. The molecule has 0 rings (SSSR count). The third kappa shape index (κ3) is 10.0. The van der Waals surface area contributed by atoms with E-state index < -0.39 is 0 Å².